The highest BCUT2D eigenvalue weighted by Gasteiger charge is 2.49. The predicted octanol–water partition coefficient (Wildman–Crippen LogP) is 17.0. The molecular weight excluding hydrogens is 864 g/mol. The Morgan fingerprint density at radius 1 is 0.443 bits per heavy atom. The van der Waals surface area contributed by atoms with Gasteiger partial charge in [-0.25, -0.2) is 0 Å². The van der Waals surface area contributed by atoms with Gasteiger partial charge in [0.1, 0.15) is 0 Å². The number of hydrogen-bond acceptors (Lipinski definition) is 3. The third-order valence-electron chi connectivity index (χ3n) is 18.8. The Balaban J connectivity index is 1.22. The molecule has 7 aromatic rings. The summed E-state index contributed by atoms with van der Waals surface area (Å²) < 4.78 is 2.88. The van der Waals surface area contributed by atoms with Crippen LogP contribution < -0.4 is 25.5 Å². The molecule has 0 unspecified atom stereocenters. The summed E-state index contributed by atoms with van der Waals surface area (Å²) in [4.78, 5) is 5.46. The van der Waals surface area contributed by atoms with Crippen molar-refractivity contribution in [2.24, 2.45) is 0 Å². The maximum Gasteiger partial charge on any atom is 0.264 e. The maximum atomic E-state index is 2.74. The highest BCUT2D eigenvalue weighted by atomic mass is 32.1. The molecule has 5 aliphatic rings. The minimum atomic E-state index is -0.106. The van der Waals surface area contributed by atoms with Gasteiger partial charge in [-0.1, -0.05) is 158 Å². The third-order valence-corrected chi connectivity index (χ3v) is 20.0. The van der Waals surface area contributed by atoms with Crippen LogP contribution >= 0.6 is 11.3 Å². The standard InChI is InChI=1S/C66H75BN2S/c1-60(2,3)42-33-54-57-55(34-42)69(43-23-21-41(22-24-43)40-19-17-16-18-20-40)58-45-36-48-51(66(14,15)32-29-63(48,8)9)39-56(45)70-59(58)67(57)52-37-49-50(65(12,13)31-30-64(49,10)11)38-53(52)68(54)44-25-26-46-47(35-44)62(6,7)28-27-61(46,4)5/h16-26,33-39H,27-32H2,1-15H3. The highest BCUT2D eigenvalue weighted by molar-refractivity contribution is 7.33. The van der Waals surface area contributed by atoms with Crippen LogP contribution in [0.2, 0.25) is 0 Å². The zero-order chi connectivity index (χ0) is 49.5. The fraction of sp³-hybridized carbons (Fsp3) is 0.424. The molecule has 0 fully saturated rings. The van der Waals surface area contributed by atoms with E-state index < -0.39 is 0 Å². The van der Waals surface area contributed by atoms with E-state index in [-0.39, 0.29) is 44.6 Å². The Morgan fingerprint density at radius 3 is 1.49 bits per heavy atom. The Morgan fingerprint density at radius 2 is 0.914 bits per heavy atom. The number of fused-ring (bicyclic) bond motifs is 9. The van der Waals surface area contributed by atoms with Crippen molar-refractivity contribution in [3.63, 3.8) is 0 Å². The van der Waals surface area contributed by atoms with Crippen LogP contribution in [0.5, 0.6) is 0 Å². The highest BCUT2D eigenvalue weighted by Crippen LogP contribution is 2.56. The zero-order valence-electron chi connectivity index (χ0n) is 45.0. The second kappa shape index (κ2) is 14.8. The van der Waals surface area contributed by atoms with Crippen molar-refractivity contribution < 1.29 is 0 Å². The van der Waals surface area contributed by atoms with E-state index in [0.717, 1.165) is 0 Å². The lowest BCUT2D eigenvalue weighted by atomic mass is 9.35. The van der Waals surface area contributed by atoms with Crippen LogP contribution in [0, 0.1) is 0 Å². The average molecular weight is 939 g/mol. The van der Waals surface area contributed by atoms with Gasteiger partial charge in [-0.15, -0.1) is 11.3 Å². The van der Waals surface area contributed by atoms with Gasteiger partial charge in [0.25, 0.3) is 6.71 Å². The van der Waals surface area contributed by atoms with Gasteiger partial charge in [-0.2, -0.15) is 0 Å². The van der Waals surface area contributed by atoms with Crippen molar-refractivity contribution in [1.29, 1.82) is 0 Å². The largest absolute Gasteiger partial charge is 0.311 e. The van der Waals surface area contributed by atoms with Gasteiger partial charge in [0.15, 0.2) is 0 Å². The lowest BCUT2D eigenvalue weighted by Gasteiger charge is -2.48. The molecule has 2 nitrogen and oxygen atoms in total. The Hall–Kier alpha value is -5.06. The number of hydrogen-bond donors (Lipinski definition) is 0. The van der Waals surface area contributed by atoms with Crippen LogP contribution in [0.1, 0.15) is 181 Å². The van der Waals surface area contributed by atoms with E-state index in [1.807, 2.05) is 0 Å². The van der Waals surface area contributed by atoms with Gasteiger partial charge in [0.2, 0.25) is 0 Å². The van der Waals surface area contributed by atoms with Crippen LogP contribution in [0.4, 0.5) is 34.1 Å². The van der Waals surface area contributed by atoms with Crippen molar-refractivity contribution in [2.45, 2.75) is 180 Å². The summed E-state index contributed by atoms with van der Waals surface area (Å²) in [5.74, 6) is 0. The normalized spacial score (nSPS) is 20.5. The molecule has 358 valence electrons. The fourth-order valence-corrected chi connectivity index (χ4v) is 15.1. The van der Waals surface area contributed by atoms with Gasteiger partial charge in [0.05, 0.1) is 5.69 Å². The van der Waals surface area contributed by atoms with Crippen LogP contribution in [0.3, 0.4) is 0 Å². The summed E-state index contributed by atoms with van der Waals surface area (Å²) in [7, 11) is 0. The maximum absolute atomic E-state index is 2.74. The van der Waals surface area contributed by atoms with E-state index in [4.69, 9.17) is 0 Å². The summed E-state index contributed by atoms with van der Waals surface area (Å²) in [6.07, 6.45) is 7.15. The van der Waals surface area contributed by atoms with E-state index in [9.17, 15) is 0 Å². The minimum Gasteiger partial charge on any atom is -0.311 e. The quantitative estimate of drug-likeness (QED) is 0.163. The number of benzene rings is 6. The molecule has 0 N–H and O–H groups in total. The first-order valence-electron chi connectivity index (χ1n) is 26.7. The molecule has 0 saturated carbocycles. The van der Waals surface area contributed by atoms with Crippen molar-refractivity contribution in [2.75, 3.05) is 9.80 Å². The van der Waals surface area contributed by atoms with E-state index >= 15 is 0 Å². The molecule has 0 bridgehead atoms. The molecule has 0 atom stereocenters. The number of rotatable bonds is 3. The fourth-order valence-electron chi connectivity index (χ4n) is 13.7. The van der Waals surface area contributed by atoms with Crippen molar-refractivity contribution in [3.05, 3.63) is 148 Å². The lowest BCUT2D eigenvalue weighted by Crippen LogP contribution is -2.61. The first-order chi connectivity index (χ1) is 32.8. The second-order valence-corrected chi connectivity index (χ2v) is 28.5. The van der Waals surface area contributed by atoms with Crippen LogP contribution in [0.15, 0.2) is 109 Å². The van der Waals surface area contributed by atoms with Gasteiger partial charge < -0.3 is 9.80 Å². The summed E-state index contributed by atoms with van der Waals surface area (Å²) in [5.41, 5.74) is 24.2. The molecule has 0 radical (unpaired) electrons. The molecule has 12 rings (SSSR count). The second-order valence-electron chi connectivity index (χ2n) is 27.4. The van der Waals surface area contributed by atoms with Gasteiger partial charge in [0, 0.05) is 43.3 Å². The Kier molecular flexibility index (Phi) is 9.72. The summed E-state index contributed by atoms with van der Waals surface area (Å²) >= 11 is 2.08. The van der Waals surface area contributed by atoms with Crippen LogP contribution in [0.25, 0.3) is 21.2 Å². The Labute approximate surface area is 425 Å². The number of anilines is 6. The van der Waals surface area contributed by atoms with E-state index in [0.29, 0.717) is 0 Å². The average Bonchev–Trinajstić information content (AvgIpc) is 3.68. The molecule has 0 spiro atoms. The van der Waals surface area contributed by atoms with Gasteiger partial charge in [-0.05, 0) is 192 Å². The molecule has 70 heavy (non-hydrogen) atoms. The lowest BCUT2D eigenvalue weighted by molar-refractivity contribution is 0.332. The predicted molar refractivity (Wildman–Crippen MR) is 306 cm³/mol. The molecule has 2 aliphatic heterocycles. The van der Waals surface area contributed by atoms with Crippen LogP contribution in [-0.2, 0) is 37.9 Å². The molecule has 0 amide bonds. The van der Waals surface area contributed by atoms with Crippen LogP contribution in [-0.4, -0.2) is 6.71 Å². The molecule has 3 aliphatic carbocycles. The molecule has 3 heterocycles. The first kappa shape index (κ1) is 46.0. The smallest absolute Gasteiger partial charge is 0.264 e. The molecule has 6 aromatic carbocycles. The zero-order valence-corrected chi connectivity index (χ0v) is 45.8. The molecule has 4 heteroatoms. The molecular formula is C66H75BN2S. The Bertz CT molecular complexity index is 3310. The van der Waals surface area contributed by atoms with Crippen molar-refractivity contribution >= 4 is 78.0 Å². The van der Waals surface area contributed by atoms with Crippen molar-refractivity contribution in [1.82, 2.24) is 0 Å². The SMILES string of the molecule is CC(C)(C)c1cc2c3c(c1)N(c1ccc(-c4ccccc4)cc1)c1c(sc4cc5c(cc14)C(C)(C)CCC5(C)C)B3c1cc3c(cc1N2c1ccc2c(c1)C(C)(C)CCC2(C)C)C(C)(C)CCC3(C)C. The van der Waals surface area contributed by atoms with Gasteiger partial charge >= 0.3 is 0 Å². The summed E-state index contributed by atoms with van der Waals surface area (Å²) in [6, 6.07) is 43.9. The molecule has 0 saturated heterocycles. The monoisotopic (exact) mass is 939 g/mol. The topological polar surface area (TPSA) is 6.48 Å². The number of thiophene rings is 1. The minimum absolute atomic E-state index is 0.0584. The van der Waals surface area contributed by atoms with Crippen molar-refractivity contribution in [3.8, 4) is 11.1 Å². The van der Waals surface area contributed by atoms with E-state index in [1.54, 1.807) is 0 Å². The summed E-state index contributed by atoms with van der Waals surface area (Å²) in [6.45, 7) is 37.2. The summed E-state index contributed by atoms with van der Waals surface area (Å²) in [5, 5.41) is 1.40. The first-order valence-corrected chi connectivity index (χ1v) is 27.5. The van der Waals surface area contributed by atoms with E-state index in [1.165, 1.54) is 149 Å². The van der Waals surface area contributed by atoms with Gasteiger partial charge in [-0.3, -0.25) is 0 Å². The number of nitrogens with zero attached hydrogens (tertiary/aromatic N) is 2. The molecule has 1 aromatic heterocycles. The van der Waals surface area contributed by atoms with E-state index in [2.05, 4.69) is 234 Å². The third kappa shape index (κ3) is 6.77.